The van der Waals surface area contributed by atoms with Crippen molar-refractivity contribution in [3.63, 3.8) is 0 Å². The summed E-state index contributed by atoms with van der Waals surface area (Å²) in [6.45, 7) is 2.86. The number of hydrogen-bond donors (Lipinski definition) is 0. The van der Waals surface area contributed by atoms with Crippen molar-refractivity contribution in [3.8, 4) is 12.1 Å². The van der Waals surface area contributed by atoms with Gasteiger partial charge in [-0.15, -0.1) is 0 Å². The van der Waals surface area contributed by atoms with Crippen LogP contribution in [0.25, 0.3) is 0 Å². The maximum atomic E-state index is 9.87. The van der Waals surface area contributed by atoms with E-state index in [1.54, 1.807) is 82.7 Å². The Kier molecular flexibility index (Phi) is 21.1. The Morgan fingerprint density at radius 1 is 0.286 bits per heavy atom. The third-order valence-electron chi connectivity index (χ3n) is 5.44. The summed E-state index contributed by atoms with van der Waals surface area (Å²) in [7, 11) is -32.0. The summed E-state index contributed by atoms with van der Waals surface area (Å²) in [4.78, 5) is 27.9. The number of pyridine rings is 6. The number of aromatic nitrogens is 6. The largest absolute Gasteiger partial charge is 3.00 e. The molecule has 8 nitrogen and oxygen atoms in total. The Labute approximate surface area is 422 Å². The maximum Gasteiger partial charge on any atom is 3.00 e. The van der Waals surface area contributed by atoms with Crippen LogP contribution < -0.4 is 0 Å². The van der Waals surface area contributed by atoms with E-state index in [1.807, 2.05) is 109 Å². The first-order chi connectivity index (χ1) is 30.9. The van der Waals surface area contributed by atoms with Gasteiger partial charge < -0.3 is 0 Å². The maximum absolute atomic E-state index is 10.7. The molecular weight excluding hydrogens is 1250 g/mol. The van der Waals surface area contributed by atoms with E-state index in [-0.39, 0.29) is 19.5 Å². The van der Waals surface area contributed by atoms with Gasteiger partial charge >= 0.3 is 118 Å². The van der Waals surface area contributed by atoms with Gasteiger partial charge in [-0.25, -0.2) is 29.9 Å². The number of nitrogens with zero attached hydrogens (tertiary/aromatic N) is 8. The first-order valence-corrected chi connectivity index (χ1v) is 28.1. The molecule has 12 bridgehead atoms. The van der Waals surface area contributed by atoms with Crippen LogP contribution >= 0.6 is 94.0 Å². The number of fused-ring (bicyclic) bond motifs is 12. The molecule has 6 aromatic rings. The van der Waals surface area contributed by atoms with Crippen LogP contribution in [-0.4, -0.2) is 29.9 Å². The number of hydrogen-bond acceptors (Lipinski definition) is 14. The number of nitriles is 2. The summed E-state index contributed by atoms with van der Waals surface area (Å²) in [6.07, 6.45) is 0. The van der Waals surface area contributed by atoms with Crippen LogP contribution in [0.15, 0.2) is 170 Å². The van der Waals surface area contributed by atoms with Crippen LogP contribution in [0.1, 0.15) is 13.8 Å². The summed E-state index contributed by atoms with van der Waals surface area (Å²) in [5.74, 6) is 0. The van der Waals surface area contributed by atoms with Crippen LogP contribution in [0.2, 0.25) is 0 Å². The number of halogens is 18. The molecule has 8 heterocycles. The van der Waals surface area contributed by atoms with Crippen molar-refractivity contribution in [2.75, 3.05) is 0 Å². The van der Waals surface area contributed by atoms with Gasteiger partial charge in [-0.3, -0.25) is 0 Å². The fraction of sp³-hybridized carbons (Fsp3) is 0.0588. The van der Waals surface area contributed by atoms with Crippen LogP contribution in [-0.2, 0) is 19.5 Å². The monoisotopic (exact) mass is 1270 g/mol. The summed E-state index contributed by atoms with van der Waals surface area (Å²) >= 11 is 9.50. The van der Waals surface area contributed by atoms with Gasteiger partial charge in [-0.2, -0.15) is 10.5 Å². The molecule has 386 valence electrons. The van der Waals surface area contributed by atoms with Gasteiger partial charge in [0.1, 0.15) is 60.3 Å². The van der Waals surface area contributed by atoms with Crippen molar-refractivity contribution < 1.29 is 95.0 Å². The molecule has 0 aromatic carbocycles. The molecule has 0 saturated heterocycles. The van der Waals surface area contributed by atoms with Crippen molar-refractivity contribution in [2.24, 2.45) is 0 Å². The minimum absolute atomic E-state index is 0. The second-order valence-electron chi connectivity index (χ2n) is 11.8. The third-order valence-corrected chi connectivity index (χ3v) is 10.7. The molecule has 2 aliphatic heterocycles. The quantitative estimate of drug-likeness (QED) is 0.0812. The van der Waals surface area contributed by atoms with E-state index in [9.17, 15) is 75.5 Å². The fourth-order valence-electron chi connectivity index (χ4n) is 3.70. The molecule has 0 radical (unpaired) electrons. The molecule has 0 fully saturated rings. The number of rotatable bonds is 0. The van der Waals surface area contributed by atoms with Gasteiger partial charge in [-0.05, 0) is 72.8 Å². The van der Waals surface area contributed by atoms with Crippen molar-refractivity contribution in [3.05, 3.63) is 109 Å². The van der Waals surface area contributed by atoms with E-state index in [0.717, 1.165) is 60.3 Å². The zero-order valence-corrected chi connectivity index (χ0v) is 43.1. The smallest absolute Gasteiger partial charge is 0.234 e. The molecule has 6 aromatic heterocycles. The van der Waals surface area contributed by atoms with E-state index < -0.39 is 23.4 Å². The van der Waals surface area contributed by atoms with Gasteiger partial charge in [0.25, 0.3) is 0 Å². The molecular formula is C34H24F18N8P3RhS6. The Morgan fingerprint density at radius 2 is 0.357 bits per heavy atom. The Hall–Kier alpha value is -3.37. The average Bonchev–Trinajstić information content (AvgIpc) is 3.12. The van der Waals surface area contributed by atoms with Gasteiger partial charge in [0, 0.05) is 13.8 Å². The van der Waals surface area contributed by atoms with E-state index >= 15 is 0 Å². The summed E-state index contributed by atoms with van der Waals surface area (Å²) in [5.41, 5.74) is 0. The van der Waals surface area contributed by atoms with E-state index in [1.165, 1.54) is 13.8 Å². The van der Waals surface area contributed by atoms with Crippen molar-refractivity contribution in [1.82, 2.24) is 29.9 Å². The SMILES string of the molecule is CC#N.CC#N.F[P-](F)(F)(F)(F)F.F[P-](F)(F)(F)(F)F.F[P-](F)(F)(F)(F)F.[Rh+3].c1cc2nc(c1)Sc1cccc(n1)Sc1cccc(n1)S2.c1cc2nc(c1)Sc1cccc(n1)Sc1cccc(n1)S2. The molecule has 0 aliphatic carbocycles. The van der Waals surface area contributed by atoms with Crippen LogP contribution in [0.5, 0.6) is 0 Å². The molecule has 2 aliphatic rings. The summed E-state index contributed by atoms with van der Waals surface area (Å²) < 4.78 is 178. The molecule has 0 saturated carbocycles. The van der Waals surface area contributed by atoms with Crippen molar-refractivity contribution >= 4 is 94.0 Å². The molecule has 0 N–H and O–H groups in total. The summed E-state index contributed by atoms with van der Waals surface area (Å²) in [5, 5.41) is 26.0. The molecule has 36 heteroatoms. The standard InChI is InChI=1S/2C15H9N3S3.2C2H3N.3F6P.Rh/c2*1-4-10-16-11(5-1)20-13-7-3-9-15(18-13)21-14-8-2-6-12(17-14)19-10;2*1-2-3;3*1-7(2,3,4,5)6;/h2*1-9H;2*1H3;;;;/q;;;;3*-1;+3. The molecule has 0 unspecified atom stereocenters. The van der Waals surface area contributed by atoms with Crippen LogP contribution in [0, 0.1) is 22.7 Å². The molecule has 8 rings (SSSR count). The Balaban J connectivity index is 0.000000464. The third kappa shape index (κ3) is 40.3. The molecule has 0 amide bonds. The van der Waals surface area contributed by atoms with E-state index in [4.69, 9.17) is 10.5 Å². The van der Waals surface area contributed by atoms with Crippen LogP contribution in [0.3, 0.4) is 0 Å². The predicted octanol–water partition coefficient (Wildman–Crippen LogP) is 20.5. The van der Waals surface area contributed by atoms with E-state index in [0.29, 0.717) is 0 Å². The van der Waals surface area contributed by atoms with Gasteiger partial charge in [-0.1, -0.05) is 107 Å². The first-order valence-electron chi connectivity index (χ1n) is 17.1. The fourth-order valence-corrected chi connectivity index (χ4v) is 8.82. The van der Waals surface area contributed by atoms with Crippen molar-refractivity contribution in [2.45, 2.75) is 74.2 Å². The predicted molar refractivity (Wildman–Crippen MR) is 233 cm³/mol. The second kappa shape index (κ2) is 22.8. The molecule has 70 heavy (non-hydrogen) atoms. The van der Waals surface area contributed by atoms with Crippen LogP contribution in [0.4, 0.5) is 75.5 Å². The minimum Gasteiger partial charge on any atom is -0.234 e. The van der Waals surface area contributed by atoms with Gasteiger partial charge in [0.15, 0.2) is 0 Å². The average molecular weight is 1270 g/mol. The normalized spacial score (nSPS) is 15.1. The first kappa shape index (κ1) is 64.6. The summed E-state index contributed by atoms with van der Waals surface area (Å²) in [6, 6.07) is 39.7. The van der Waals surface area contributed by atoms with Crippen molar-refractivity contribution in [1.29, 1.82) is 10.5 Å². The Bertz CT molecular complexity index is 2250. The minimum atomic E-state index is -10.7. The second-order valence-corrected chi connectivity index (χ2v) is 23.8. The molecule has 0 atom stereocenters. The zero-order valence-electron chi connectivity index (χ0n) is 33.9. The topological polar surface area (TPSA) is 125 Å². The van der Waals surface area contributed by atoms with Gasteiger partial charge in [0.2, 0.25) is 0 Å². The molecule has 0 spiro atoms. The Morgan fingerprint density at radius 3 is 0.429 bits per heavy atom. The van der Waals surface area contributed by atoms with Gasteiger partial charge in [0.05, 0.1) is 12.1 Å². The van der Waals surface area contributed by atoms with E-state index in [2.05, 4.69) is 29.9 Å². The zero-order chi connectivity index (χ0) is 52.8.